The lowest BCUT2D eigenvalue weighted by Gasteiger charge is -2.23. The second-order valence-electron chi connectivity index (χ2n) is 6.70. The van der Waals surface area contributed by atoms with Gasteiger partial charge in [0, 0.05) is 24.7 Å². The standard InChI is InChI=1S/C24H21N3O2/c28-24(25-23-16-22(29-26-23)21-14-8-3-9-15-21)27(17-19-10-4-1-5-11-19)18-20-12-6-2-7-13-20/h1-16H,17-18H2,(H,25,26,28). The van der Waals surface area contributed by atoms with Gasteiger partial charge in [0.1, 0.15) is 0 Å². The first-order chi connectivity index (χ1) is 14.3. The molecule has 1 N–H and O–H groups in total. The Bertz CT molecular complexity index is 1010. The number of hydrogen-bond acceptors (Lipinski definition) is 3. The fraction of sp³-hybridized carbons (Fsp3) is 0.0833. The average Bonchev–Trinajstić information content (AvgIpc) is 3.24. The number of urea groups is 1. The lowest BCUT2D eigenvalue weighted by atomic mass is 10.2. The van der Waals surface area contributed by atoms with Crippen LogP contribution in [0.15, 0.2) is 102 Å². The van der Waals surface area contributed by atoms with E-state index in [0.29, 0.717) is 24.7 Å². The summed E-state index contributed by atoms with van der Waals surface area (Å²) in [5.74, 6) is 0.999. The van der Waals surface area contributed by atoms with Crippen molar-refractivity contribution < 1.29 is 9.32 Å². The number of carbonyl (C=O) groups excluding carboxylic acids is 1. The largest absolute Gasteiger partial charge is 0.354 e. The summed E-state index contributed by atoms with van der Waals surface area (Å²) in [4.78, 5) is 14.8. The Balaban J connectivity index is 1.51. The van der Waals surface area contributed by atoms with Gasteiger partial charge >= 0.3 is 6.03 Å². The number of anilines is 1. The van der Waals surface area contributed by atoms with Crippen LogP contribution < -0.4 is 5.32 Å². The lowest BCUT2D eigenvalue weighted by Crippen LogP contribution is -2.34. The number of carbonyl (C=O) groups is 1. The number of benzene rings is 3. The first-order valence-electron chi connectivity index (χ1n) is 9.44. The Morgan fingerprint density at radius 1 is 0.793 bits per heavy atom. The topological polar surface area (TPSA) is 58.4 Å². The van der Waals surface area contributed by atoms with E-state index in [2.05, 4.69) is 10.5 Å². The first-order valence-corrected chi connectivity index (χ1v) is 9.44. The molecule has 5 heteroatoms. The molecule has 0 atom stereocenters. The molecule has 4 rings (SSSR count). The normalized spacial score (nSPS) is 10.5. The van der Waals surface area contributed by atoms with Crippen molar-refractivity contribution in [1.82, 2.24) is 10.1 Å². The number of hydrogen-bond donors (Lipinski definition) is 1. The molecule has 144 valence electrons. The monoisotopic (exact) mass is 383 g/mol. The summed E-state index contributed by atoms with van der Waals surface area (Å²) in [6.45, 7) is 0.982. The van der Waals surface area contributed by atoms with Crippen molar-refractivity contribution in [3.05, 3.63) is 108 Å². The molecule has 0 spiro atoms. The van der Waals surface area contributed by atoms with E-state index in [9.17, 15) is 4.79 Å². The predicted molar refractivity (Wildman–Crippen MR) is 113 cm³/mol. The van der Waals surface area contributed by atoms with Crippen LogP contribution in [0.3, 0.4) is 0 Å². The van der Waals surface area contributed by atoms with Crippen molar-refractivity contribution in [2.75, 3.05) is 5.32 Å². The minimum Gasteiger partial charge on any atom is -0.354 e. The number of nitrogens with one attached hydrogen (secondary N) is 1. The Labute approximate surface area is 169 Å². The maximum atomic E-state index is 13.0. The molecule has 1 heterocycles. The number of amides is 2. The van der Waals surface area contributed by atoms with Crippen LogP contribution in [-0.4, -0.2) is 16.1 Å². The van der Waals surface area contributed by atoms with E-state index in [1.165, 1.54) is 0 Å². The van der Waals surface area contributed by atoms with E-state index in [1.807, 2.05) is 91.0 Å². The Morgan fingerprint density at radius 3 is 1.86 bits per heavy atom. The summed E-state index contributed by atoms with van der Waals surface area (Å²) in [5.41, 5.74) is 3.03. The van der Waals surface area contributed by atoms with Crippen LogP contribution in [-0.2, 0) is 13.1 Å². The summed E-state index contributed by atoms with van der Waals surface area (Å²) in [7, 11) is 0. The zero-order chi connectivity index (χ0) is 19.9. The fourth-order valence-electron chi connectivity index (χ4n) is 3.07. The Hall–Kier alpha value is -3.86. The molecule has 0 radical (unpaired) electrons. The molecule has 0 aliphatic heterocycles. The highest BCUT2D eigenvalue weighted by atomic mass is 16.5. The maximum Gasteiger partial charge on any atom is 0.323 e. The lowest BCUT2D eigenvalue weighted by molar-refractivity contribution is 0.206. The quantitative estimate of drug-likeness (QED) is 0.473. The molecule has 0 saturated carbocycles. The van der Waals surface area contributed by atoms with Crippen molar-refractivity contribution in [2.45, 2.75) is 13.1 Å². The summed E-state index contributed by atoms with van der Waals surface area (Å²) < 4.78 is 5.38. The molecule has 0 bridgehead atoms. The van der Waals surface area contributed by atoms with Gasteiger partial charge in [-0.1, -0.05) is 96.2 Å². The van der Waals surface area contributed by atoms with Crippen molar-refractivity contribution in [3.8, 4) is 11.3 Å². The third-order valence-corrected chi connectivity index (χ3v) is 4.52. The molecule has 5 nitrogen and oxygen atoms in total. The number of nitrogens with zero attached hydrogens (tertiary/aromatic N) is 2. The molecule has 1 aromatic heterocycles. The van der Waals surface area contributed by atoms with Gasteiger partial charge in [0.15, 0.2) is 11.6 Å². The molecule has 0 saturated heterocycles. The van der Waals surface area contributed by atoms with Gasteiger partial charge in [-0.3, -0.25) is 5.32 Å². The highest BCUT2D eigenvalue weighted by molar-refractivity contribution is 5.88. The van der Waals surface area contributed by atoms with E-state index in [4.69, 9.17) is 4.52 Å². The van der Waals surface area contributed by atoms with E-state index >= 15 is 0 Å². The van der Waals surface area contributed by atoms with Crippen LogP contribution >= 0.6 is 0 Å². The van der Waals surface area contributed by atoms with Crippen LogP contribution in [0.25, 0.3) is 11.3 Å². The zero-order valence-electron chi connectivity index (χ0n) is 15.9. The third kappa shape index (κ3) is 4.90. The Morgan fingerprint density at radius 2 is 1.31 bits per heavy atom. The number of rotatable bonds is 6. The van der Waals surface area contributed by atoms with Crippen molar-refractivity contribution in [3.63, 3.8) is 0 Å². The molecule has 0 aliphatic rings. The predicted octanol–water partition coefficient (Wildman–Crippen LogP) is 5.58. The van der Waals surface area contributed by atoms with Gasteiger partial charge in [0.25, 0.3) is 0 Å². The number of aromatic nitrogens is 1. The van der Waals surface area contributed by atoms with Crippen LogP contribution in [0, 0.1) is 0 Å². The van der Waals surface area contributed by atoms with Gasteiger partial charge in [-0.2, -0.15) is 0 Å². The molecule has 4 aromatic rings. The van der Waals surface area contributed by atoms with Crippen LogP contribution in [0.4, 0.5) is 10.6 Å². The average molecular weight is 383 g/mol. The summed E-state index contributed by atoms with van der Waals surface area (Å²) in [6, 6.07) is 31.0. The van der Waals surface area contributed by atoms with E-state index in [0.717, 1.165) is 16.7 Å². The van der Waals surface area contributed by atoms with Gasteiger partial charge in [-0.15, -0.1) is 0 Å². The van der Waals surface area contributed by atoms with Gasteiger partial charge < -0.3 is 9.42 Å². The molecule has 3 aromatic carbocycles. The van der Waals surface area contributed by atoms with Gasteiger partial charge in [0.05, 0.1) is 0 Å². The Kier molecular flexibility index (Phi) is 5.67. The third-order valence-electron chi connectivity index (χ3n) is 4.52. The van der Waals surface area contributed by atoms with Crippen molar-refractivity contribution in [1.29, 1.82) is 0 Å². The molecule has 2 amide bonds. The molecular weight excluding hydrogens is 362 g/mol. The fourth-order valence-corrected chi connectivity index (χ4v) is 3.07. The molecule has 0 aliphatic carbocycles. The second kappa shape index (κ2) is 8.89. The summed E-state index contributed by atoms with van der Waals surface area (Å²) in [6.07, 6.45) is 0. The SMILES string of the molecule is O=C(Nc1cc(-c2ccccc2)on1)N(Cc1ccccc1)Cc1ccccc1. The zero-order valence-corrected chi connectivity index (χ0v) is 15.9. The van der Waals surface area contributed by atoms with Crippen LogP contribution in [0.1, 0.15) is 11.1 Å². The van der Waals surface area contributed by atoms with Gasteiger partial charge in [-0.05, 0) is 11.1 Å². The van der Waals surface area contributed by atoms with E-state index in [1.54, 1.807) is 11.0 Å². The highest BCUT2D eigenvalue weighted by Crippen LogP contribution is 2.22. The van der Waals surface area contributed by atoms with E-state index in [-0.39, 0.29) is 6.03 Å². The molecule has 0 fully saturated rings. The van der Waals surface area contributed by atoms with Crippen LogP contribution in [0.5, 0.6) is 0 Å². The van der Waals surface area contributed by atoms with Gasteiger partial charge in [0.2, 0.25) is 0 Å². The van der Waals surface area contributed by atoms with Crippen molar-refractivity contribution in [2.24, 2.45) is 0 Å². The molecular formula is C24H21N3O2. The summed E-state index contributed by atoms with van der Waals surface area (Å²) in [5, 5.41) is 6.85. The van der Waals surface area contributed by atoms with Gasteiger partial charge in [-0.25, -0.2) is 4.79 Å². The minimum atomic E-state index is -0.231. The second-order valence-corrected chi connectivity index (χ2v) is 6.70. The maximum absolute atomic E-state index is 13.0. The minimum absolute atomic E-state index is 0.231. The smallest absolute Gasteiger partial charge is 0.323 e. The molecule has 0 unspecified atom stereocenters. The highest BCUT2D eigenvalue weighted by Gasteiger charge is 2.17. The van der Waals surface area contributed by atoms with Crippen molar-refractivity contribution >= 4 is 11.8 Å². The van der Waals surface area contributed by atoms with E-state index < -0.39 is 0 Å². The van der Waals surface area contributed by atoms with Crippen LogP contribution in [0.2, 0.25) is 0 Å². The first kappa shape index (κ1) is 18.5. The summed E-state index contributed by atoms with van der Waals surface area (Å²) >= 11 is 0. The molecule has 29 heavy (non-hydrogen) atoms.